The van der Waals surface area contributed by atoms with Crippen molar-refractivity contribution in [3.63, 3.8) is 0 Å². The fraction of sp³-hybridized carbons (Fsp3) is 0.353. The first-order valence-corrected chi connectivity index (χ1v) is 7.13. The van der Waals surface area contributed by atoms with Crippen LogP contribution in [-0.4, -0.2) is 38.2 Å². The molecule has 1 aromatic heterocycles. The summed E-state index contributed by atoms with van der Waals surface area (Å²) in [5, 5.41) is 0. The molecular formula is C17H21NO4. The van der Waals surface area contributed by atoms with Gasteiger partial charge in [0, 0.05) is 18.7 Å². The minimum absolute atomic E-state index is 0.258. The molecule has 5 nitrogen and oxygen atoms in total. The summed E-state index contributed by atoms with van der Waals surface area (Å²) in [6.07, 6.45) is 1.50. The van der Waals surface area contributed by atoms with Crippen LogP contribution >= 0.6 is 0 Å². The second kappa shape index (κ2) is 7.66. The van der Waals surface area contributed by atoms with Crippen LogP contribution in [0.4, 0.5) is 0 Å². The van der Waals surface area contributed by atoms with Gasteiger partial charge >= 0.3 is 5.97 Å². The van der Waals surface area contributed by atoms with Crippen LogP contribution < -0.4 is 4.74 Å². The van der Waals surface area contributed by atoms with Crippen molar-refractivity contribution in [3.8, 4) is 5.75 Å². The van der Waals surface area contributed by atoms with Gasteiger partial charge in [0.15, 0.2) is 0 Å². The van der Waals surface area contributed by atoms with Crippen LogP contribution in [0.5, 0.6) is 5.75 Å². The van der Waals surface area contributed by atoms with Crippen molar-refractivity contribution in [3.05, 3.63) is 53.5 Å². The zero-order chi connectivity index (χ0) is 15.9. The van der Waals surface area contributed by atoms with Gasteiger partial charge in [-0.05, 0) is 32.2 Å². The Labute approximate surface area is 130 Å². The molecule has 22 heavy (non-hydrogen) atoms. The topological polar surface area (TPSA) is 51.9 Å². The van der Waals surface area contributed by atoms with Gasteiger partial charge in [-0.2, -0.15) is 0 Å². The standard InChI is InChI=1S/C17H21NO4/c1-13-4-6-15(7-5-13)21-11-9-18(2)12-14-8-10-22-16(14)17(19)20-3/h4-8,10H,9,11-12H2,1-3H3. The van der Waals surface area contributed by atoms with E-state index >= 15 is 0 Å². The number of benzene rings is 1. The second-order valence-electron chi connectivity index (χ2n) is 5.17. The van der Waals surface area contributed by atoms with E-state index in [1.54, 1.807) is 6.07 Å². The SMILES string of the molecule is COC(=O)c1occc1CN(C)CCOc1ccc(C)cc1. The largest absolute Gasteiger partial charge is 0.492 e. The number of furan rings is 1. The summed E-state index contributed by atoms with van der Waals surface area (Å²) >= 11 is 0. The lowest BCUT2D eigenvalue weighted by Gasteiger charge is -2.16. The van der Waals surface area contributed by atoms with E-state index in [9.17, 15) is 4.79 Å². The van der Waals surface area contributed by atoms with E-state index in [-0.39, 0.29) is 5.76 Å². The third kappa shape index (κ3) is 4.36. The van der Waals surface area contributed by atoms with Crippen LogP contribution in [0, 0.1) is 6.92 Å². The number of hydrogen-bond donors (Lipinski definition) is 0. The number of ether oxygens (including phenoxy) is 2. The number of carbonyl (C=O) groups excluding carboxylic acids is 1. The summed E-state index contributed by atoms with van der Waals surface area (Å²) < 4.78 is 15.6. The first-order chi connectivity index (χ1) is 10.6. The van der Waals surface area contributed by atoms with Crippen molar-refractivity contribution < 1.29 is 18.7 Å². The zero-order valence-electron chi connectivity index (χ0n) is 13.2. The molecule has 0 radical (unpaired) electrons. The normalized spacial score (nSPS) is 10.7. The smallest absolute Gasteiger partial charge is 0.374 e. The maximum atomic E-state index is 11.5. The van der Waals surface area contributed by atoms with Gasteiger partial charge in [-0.3, -0.25) is 4.90 Å². The lowest BCUT2D eigenvalue weighted by Crippen LogP contribution is -2.24. The highest BCUT2D eigenvalue weighted by Crippen LogP contribution is 2.14. The van der Waals surface area contributed by atoms with E-state index in [1.165, 1.54) is 18.9 Å². The molecule has 0 unspecified atom stereocenters. The molecule has 0 aliphatic heterocycles. The van der Waals surface area contributed by atoms with E-state index in [4.69, 9.17) is 9.15 Å². The van der Waals surface area contributed by atoms with E-state index < -0.39 is 5.97 Å². The Morgan fingerprint density at radius 1 is 1.23 bits per heavy atom. The minimum atomic E-state index is -0.454. The number of methoxy groups -OCH3 is 1. The molecule has 2 aromatic rings. The van der Waals surface area contributed by atoms with Gasteiger partial charge in [0.1, 0.15) is 12.4 Å². The lowest BCUT2D eigenvalue weighted by atomic mass is 10.2. The van der Waals surface area contributed by atoms with Gasteiger partial charge in [0.25, 0.3) is 0 Å². The van der Waals surface area contributed by atoms with Crippen molar-refractivity contribution in [1.29, 1.82) is 0 Å². The highest BCUT2D eigenvalue weighted by molar-refractivity contribution is 5.87. The third-order valence-electron chi connectivity index (χ3n) is 3.32. The van der Waals surface area contributed by atoms with Crippen molar-refractivity contribution >= 4 is 5.97 Å². The van der Waals surface area contributed by atoms with Gasteiger partial charge in [-0.25, -0.2) is 4.79 Å². The number of esters is 1. The van der Waals surface area contributed by atoms with Crippen molar-refractivity contribution in [2.45, 2.75) is 13.5 Å². The maximum absolute atomic E-state index is 11.5. The van der Waals surface area contributed by atoms with Crippen LogP contribution in [0.25, 0.3) is 0 Å². The Balaban J connectivity index is 1.81. The molecule has 0 spiro atoms. The van der Waals surface area contributed by atoms with Crippen molar-refractivity contribution in [2.24, 2.45) is 0 Å². The number of carbonyl (C=O) groups is 1. The molecule has 0 atom stereocenters. The number of likely N-dealkylation sites (N-methyl/N-ethyl adjacent to an activating group) is 1. The molecule has 0 aliphatic rings. The molecular weight excluding hydrogens is 282 g/mol. The van der Waals surface area contributed by atoms with E-state index in [0.29, 0.717) is 13.2 Å². The molecule has 5 heteroatoms. The van der Waals surface area contributed by atoms with E-state index in [2.05, 4.69) is 9.64 Å². The number of aryl methyl sites for hydroxylation is 1. The highest BCUT2D eigenvalue weighted by atomic mass is 16.5. The molecule has 118 valence electrons. The predicted molar refractivity (Wildman–Crippen MR) is 83.1 cm³/mol. The average molecular weight is 303 g/mol. The Morgan fingerprint density at radius 2 is 1.95 bits per heavy atom. The minimum Gasteiger partial charge on any atom is -0.492 e. The van der Waals surface area contributed by atoms with Crippen LogP contribution in [0.1, 0.15) is 21.7 Å². The molecule has 1 heterocycles. The Bertz CT molecular complexity index is 603. The van der Waals surface area contributed by atoms with Gasteiger partial charge in [0.2, 0.25) is 5.76 Å². The number of nitrogens with zero attached hydrogens (tertiary/aromatic N) is 1. The molecule has 0 saturated heterocycles. The average Bonchev–Trinajstić information content (AvgIpc) is 2.96. The summed E-state index contributed by atoms with van der Waals surface area (Å²) in [5.74, 6) is 0.663. The molecule has 0 saturated carbocycles. The first-order valence-electron chi connectivity index (χ1n) is 7.13. The summed E-state index contributed by atoms with van der Waals surface area (Å²) in [4.78, 5) is 13.6. The fourth-order valence-corrected chi connectivity index (χ4v) is 2.06. The third-order valence-corrected chi connectivity index (χ3v) is 3.32. The first kappa shape index (κ1) is 16.1. The summed E-state index contributed by atoms with van der Waals surface area (Å²) in [6.45, 7) is 3.95. The second-order valence-corrected chi connectivity index (χ2v) is 5.17. The van der Waals surface area contributed by atoms with E-state index in [0.717, 1.165) is 17.9 Å². The van der Waals surface area contributed by atoms with Gasteiger partial charge in [0.05, 0.1) is 13.4 Å². The lowest BCUT2D eigenvalue weighted by molar-refractivity contribution is 0.0562. The molecule has 0 aliphatic carbocycles. The Morgan fingerprint density at radius 3 is 2.64 bits per heavy atom. The number of rotatable bonds is 7. The molecule has 0 fully saturated rings. The van der Waals surface area contributed by atoms with Gasteiger partial charge < -0.3 is 13.9 Å². The summed E-state index contributed by atoms with van der Waals surface area (Å²) in [7, 11) is 3.31. The molecule has 0 amide bonds. The Hall–Kier alpha value is -2.27. The predicted octanol–water partition coefficient (Wildman–Crippen LogP) is 2.89. The molecule has 0 N–H and O–H groups in total. The highest BCUT2D eigenvalue weighted by Gasteiger charge is 2.16. The van der Waals surface area contributed by atoms with Crippen molar-refractivity contribution in [1.82, 2.24) is 4.90 Å². The molecule has 0 bridgehead atoms. The number of hydrogen-bond acceptors (Lipinski definition) is 5. The summed E-state index contributed by atoms with van der Waals surface area (Å²) in [6, 6.07) is 9.74. The van der Waals surface area contributed by atoms with Crippen LogP contribution in [0.2, 0.25) is 0 Å². The van der Waals surface area contributed by atoms with Crippen LogP contribution in [0.15, 0.2) is 41.0 Å². The molecule has 2 rings (SSSR count). The fourth-order valence-electron chi connectivity index (χ4n) is 2.06. The Kier molecular flexibility index (Phi) is 5.61. The van der Waals surface area contributed by atoms with Crippen molar-refractivity contribution in [2.75, 3.05) is 27.3 Å². The van der Waals surface area contributed by atoms with Gasteiger partial charge in [-0.15, -0.1) is 0 Å². The monoisotopic (exact) mass is 303 g/mol. The molecule has 1 aromatic carbocycles. The van der Waals surface area contributed by atoms with Crippen LogP contribution in [-0.2, 0) is 11.3 Å². The van der Waals surface area contributed by atoms with E-state index in [1.807, 2.05) is 38.2 Å². The summed E-state index contributed by atoms with van der Waals surface area (Å²) in [5.41, 5.74) is 2.02. The quantitative estimate of drug-likeness (QED) is 0.736. The van der Waals surface area contributed by atoms with Gasteiger partial charge in [-0.1, -0.05) is 17.7 Å². The maximum Gasteiger partial charge on any atom is 0.374 e. The zero-order valence-corrected chi connectivity index (χ0v) is 13.2. The van der Waals surface area contributed by atoms with Crippen LogP contribution in [0.3, 0.4) is 0 Å².